The van der Waals surface area contributed by atoms with Crippen LogP contribution in [0.4, 0.5) is 11.6 Å². The second-order valence-corrected chi connectivity index (χ2v) is 7.43. The highest BCUT2D eigenvalue weighted by Crippen LogP contribution is 2.33. The minimum atomic E-state index is -1.04. The molecule has 0 aliphatic rings. The van der Waals surface area contributed by atoms with Gasteiger partial charge in [0.1, 0.15) is 11.6 Å². The van der Waals surface area contributed by atoms with Crippen molar-refractivity contribution in [1.29, 1.82) is 0 Å². The van der Waals surface area contributed by atoms with Gasteiger partial charge >= 0.3 is 11.4 Å². The number of rotatable bonds is 3. The molecule has 0 aliphatic carbocycles. The summed E-state index contributed by atoms with van der Waals surface area (Å²) in [6, 6.07) is 6.44. The molecule has 11 heteroatoms. The molecule has 0 amide bonds. The Bertz CT molecular complexity index is 1310. The first-order valence-corrected chi connectivity index (χ1v) is 9.23. The quantitative estimate of drug-likeness (QED) is 0.570. The number of nitrogens with zero attached hydrogens (tertiary/aromatic N) is 4. The second-order valence-electron chi connectivity index (χ2n) is 6.99. The van der Waals surface area contributed by atoms with Gasteiger partial charge in [0, 0.05) is 33.2 Å². The van der Waals surface area contributed by atoms with Crippen molar-refractivity contribution in [2.75, 3.05) is 11.5 Å². The zero-order chi connectivity index (χ0) is 22.5. The van der Waals surface area contributed by atoms with E-state index in [1.165, 1.54) is 28.2 Å². The third kappa shape index (κ3) is 3.05. The highest BCUT2D eigenvalue weighted by Gasteiger charge is 2.31. The molecule has 30 heavy (non-hydrogen) atoms. The summed E-state index contributed by atoms with van der Waals surface area (Å²) >= 11 is 6.00. The van der Waals surface area contributed by atoms with Crippen LogP contribution in [0.3, 0.4) is 0 Å². The molecule has 158 valence electrons. The standard InChI is InChI=1S/C19H21ClN6O4/c1-23-14(21)12(16(27)25(3)18(23)29)11(9-5-7-10(20)8-6-9)13-15(22)24(2)19(30)26(4)17(13)28/h5-8,11H,21-22H2,1-4H3. The van der Waals surface area contributed by atoms with Crippen LogP contribution < -0.4 is 34.0 Å². The third-order valence-electron chi connectivity index (χ3n) is 5.27. The van der Waals surface area contributed by atoms with E-state index in [2.05, 4.69) is 0 Å². The summed E-state index contributed by atoms with van der Waals surface area (Å²) in [6.45, 7) is 0. The number of hydrogen-bond donors (Lipinski definition) is 2. The van der Waals surface area contributed by atoms with E-state index in [0.29, 0.717) is 10.6 Å². The van der Waals surface area contributed by atoms with Gasteiger partial charge in [-0.05, 0) is 17.7 Å². The summed E-state index contributed by atoms with van der Waals surface area (Å²) in [4.78, 5) is 50.8. The average molecular weight is 433 g/mol. The molecule has 0 unspecified atom stereocenters. The SMILES string of the molecule is Cn1c(N)c(C(c2ccc(Cl)cc2)c2c(N)n(C)c(=O)n(C)c2=O)c(=O)n(C)c1=O. The van der Waals surface area contributed by atoms with Crippen LogP contribution in [0.5, 0.6) is 0 Å². The Morgan fingerprint density at radius 2 is 1.07 bits per heavy atom. The normalized spacial score (nSPS) is 11.3. The summed E-state index contributed by atoms with van der Waals surface area (Å²) in [5.74, 6) is -1.27. The van der Waals surface area contributed by atoms with E-state index in [1.807, 2.05) is 0 Å². The maximum Gasteiger partial charge on any atom is 0.332 e. The van der Waals surface area contributed by atoms with Crippen LogP contribution in [0, 0.1) is 0 Å². The van der Waals surface area contributed by atoms with Crippen LogP contribution in [-0.2, 0) is 28.2 Å². The lowest BCUT2D eigenvalue weighted by Crippen LogP contribution is -2.44. The summed E-state index contributed by atoms with van der Waals surface area (Å²) < 4.78 is 4.03. The molecule has 0 radical (unpaired) electrons. The number of benzene rings is 1. The van der Waals surface area contributed by atoms with Gasteiger partial charge in [0.25, 0.3) is 11.1 Å². The average Bonchev–Trinajstić information content (AvgIpc) is 2.73. The van der Waals surface area contributed by atoms with E-state index in [9.17, 15) is 19.2 Å². The van der Waals surface area contributed by atoms with Crippen LogP contribution >= 0.6 is 11.6 Å². The number of nitrogens with two attached hydrogens (primary N) is 2. The van der Waals surface area contributed by atoms with Gasteiger partial charge in [0.05, 0.1) is 17.0 Å². The molecule has 0 fully saturated rings. The van der Waals surface area contributed by atoms with Gasteiger partial charge < -0.3 is 11.5 Å². The van der Waals surface area contributed by atoms with Crippen LogP contribution in [0.1, 0.15) is 22.6 Å². The predicted octanol–water partition coefficient (Wildman–Crippen LogP) is -0.521. The monoisotopic (exact) mass is 432 g/mol. The van der Waals surface area contributed by atoms with Crippen molar-refractivity contribution >= 4 is 23.2 Å². The number of halogens is 1. The van der Waals surface area contributed by atoms with Gasteiger partial charge in [0.2, 0.25) is 0 Å². The first-order chi connectivity index (χ1) is 14.0. The highest BCUT2D eigenvalue weighted by molar-refractivity contribution is 6.30. The zero-order valence-electron chi connectivity index (χ0n) is 16.8. The summed E-state index contributed by atoms with van der Waals surface area (Å²) in [5, 5.41) is 0.445. The third-order valence-corrected chi connectivity index (χ3v) is 5.53. The summed E-state index contributed by atoms with van der Waals surface area (Å²) in [6.07, 6.45) is 0. The molecule has 4 N–H and O–H groups in total. The number of anilines is 2. The molecule has 0 saturated carbocycles. The zero-order valence-corrected chi connectivity index (χ0v) is 17.6. The molecule has 3 aromatic rings. The van der Waals surface area contributed by atoms with E-state index >= 15 is 0 Å². The van der Waals surface area contributed by atoms with Crippen molar-refractivity contribution in [1.82, 2.24) is 18.3 Å². The number of hydrogen-bond acceptors (Lipinski definition) is 6. The van der Waals surface area contributed by atoms with Gasteiger partial charge in [-0.3, -0.25) is 27.9 Å². The lowest BCUT2D eigenvalue weighted by atomic mass is 9.86. The van der Waals surface area contributed by atoms with Crippen LogP contribution in [-0.4, -0.2) is 18.3 Å². The molecule has 3 rings (SSSR count). The van der Waals surface area contributed by atoms with Crippen LogP contribution in [0.2, 0.25) is 5.02 Å². The first-order valence-electron chi connectivity index (χ1n) is 8.85. The first kappa shape index (κ1) is 21.2. The van der Waals surface area contributed by atoms with Crippen LogP contribution in [0.25, 0.3) is 0 Å². The fourth-order valence-electron chi connectivity index (χ4n) is 3.45. The van der Waals surface area contributed by atoms with E-state index in [-0.39, 0.29) is 22.8 Å². The molecule has 0 spiro atoms. The predicted molar refractivity (Wildman–Crippen MR) is 115 cm³/mol. The minimum absolute atomic E-state index is 0.00984. The van der Waals surface area contributed by atoms with Crippen molar-refractivity contribution < 1.29 is 0 Å². The number of nitrogen functional groups attached to an aromatic ring is 2. The Labute approximate surface area is 175 Å². The Morgan fingerprint density at radius 3 is 1.43 bits per heavy atom. The lowest BCUT2D eigenvalue weighted by Gasteiger charge is -2.23. The summed E-state index contributed by atoms with van der Waals surface area (Å²) in [5.41, 5.74) is 10.2. The molecule has 0 aliphatic heterocycles. The maximum atomic E-state index is 13.1. The van der Waals surface area contributed by atoms with E-state index in [0.717, 1.165) is 18.3 Å². The molecule has 2 aromatic heterocycles. The minimum Gasteiger partial charge on any atom is -0.385 e. The second kappa shape index (κ2) is 7.38. The van der Waals surface area contributed by atoms with Crippen molar-refractivity contribution in [3.8, 4) is 0 Å². The van der Waals surface area contributed by atoms with Gasteiger partial charge in [-0.25, -0.2) is 9.59 Å². The topological polar surface area (TPSA) is 140 Å². The maximum absolute atomic E-state index is 13.1. The molecule has 2 heterocycles. The fraction of sp³-hybridized carbons (Fsp3) is 0.263. The van der Waals surface area contributed by atoms with E-state index in [1.54, 1.807) is 24.3 Å². The Hall–Kier alpha value is -3.53. The fourth-order valence-corrected chi connectivity index (χ4v) is 3.57. The van der Waals surface area contributed by atoms with Crippen molar-refractivity contribution in [3.63, 3.8) is 0 Å². The smallest absolute Gasteiger partial charge is 0.332 e. The van der Waals surface area contributed by atoms with Gasteiger partial charge in [0.15, 0.2) is 0 Å². The highest BCUT2D eigenvalue weighted by atomic mass is 35.5. The van der Waals surface area contributed by atoms with Crippen molar-refractivity contribution in [3.05, 3.63) is 87.7 Å². The Morgan fingerprint density at radius 1 is 0.700 bits per heavy atom. The van der Waals surface area contributed by atoms with Gasteiger partial charge in [-0.15, -0.1) is 0 Å². The molecular formula is C19H21ClN6O4. The molecule has 0 atom stereocenters. The molecule has 10 nitrogen and oxygen atoms in total. The van der Waals surface area contributed by atoms with Crippen molar-refractivity contribution in [2.24, 2.45) is 28.2 Å². The van der Waals surface area contributed by atoms with Crippen molar-refractivity contribution in [2.45, 2.75) is 5.92 Å². The van der Waals surface area contributed by atoms with E-state index in [4.69, 9.17) is 23.1 Å². The molecular weight excluding hydrogens is 412 g/mol. The summed E-state index contributed by atoms with van der Waals surface area (Å²) in [7, 11) is 5.47. The van der Waals surface area contributed by atoms with E-state index < -0.39 is 28.4 Å². The van der Waals surface area contributed by atoms with Gasteiger partial charge in [-0.1, -0.05) is 23.7 Å². The lowest BCUT2D eigenvalue weighted by molar-refractivity contribution is 0.654. The molecule has 1 aromatic carbocycles. The largest absolute Gasteiger partial charge is 0.385 e. The molecule has 0 bridgehead atoms. The Kier molecular flexibility index (Phi) is 5.21. The van der Waals surface area contributed by atoms with Gasteiger partial charge in [-0.2, -0.15) is 0 Å². The molecule has 0 saturated heterocycles. The Balaban J connectivity index is 2.57. The number of aromatic nitrogens is 4. The van der Waals surface area contributed by atoms with Crippen LogP contribution in [0.15, 0.2) is 43.4 Å².